The minimum absolute atomic E-state index is 0.0934. The van der Waals surface area contributed by atoms with Crippen LogP contribution in [-0.2, 0) is 11.0 Å². The highest BCUT2D eigenvalue weighted by atomic mass is 127. The number of hydrogen-bond acceptors (Lipinski definition) is 1. The molecule has 0 aliphatic rings. The van der Waals surface area contributed by atoms with E-state index in [9.17, 15) is 18.0 Å². The van der Waals surface area contributed by atoms with Crippen LogP contribution in [0.15, 0.2) is 16.6 Å². The third-order valence-electron chi connectivity index (χ3n) is 1.67. The fraction of sp³-hybridized carbons (Fsp3) is 0.222. The maximum atomic E-state index is 12.5. The van der Waals surface area contributed by atoms with Crippen molar-refractivity contribution in [3.63, 3.8) is 0 Å². The first-order valence-corrected chi connectivity index (χ1v) is 5.93. The molecular weight excluding hydrogens is 402 g/mol. The fourth-order valence-electron chi connectivity index (χ4n) is 1.05. The van der Waals surface area contributed by atoms with E-state index in [-0.39, 0.29) is 10.4 Å². The quantitative estimate of drug-likeness (QED) is 0.699. The highest BCUT2D eigenvalue weighted by Crippen LogP contribution is 2.38. The van der Waals surface area contributed by atoms with Crippen molar-refractivity contribution in [2.24, 2.45) is 0 Å². The molecule has 0 saturated carbocycles. The number of alkyl halides is 3. The molecule has 0 spiro atoms. The first kappa shape index (κ1) is 13.8. The molecule has 1 aromatic carbocycles. The second-order valence-electron chi connectivity index (χ2n) is 2.99. The van der Waals surface area contributed by atoms with Crippen molar-refractivity contribution in [1.29, 1.82) is 0 Å². The third kappa shape index (κ3) is 3.34. The van der Waals surface area contributed by atoms with Crippen molar-refractivity contribution in [2.45, 2.75) is 13.1 Å². The summed E-state index contributed by atoms with van der Waals surface area (Å²) in [5, 5.41) is 2.45. The Hall–Kier alpha value is -0.310. The molecule has 1 aromatic rings. The van der Waals surface area contributed by atoms with Crippen LogP contribution in [0.3, 0.4) is 0 Å². The molecule has 0 unspecified atom stereocenters. The number of carbonyl (C=O) groups excluding carboxylic acids is 1. The molecular formula is C9H6BrF3INO. The lowest BCUT2D eigenvalue weighted by Crippen LogP contribution is -2.10. The van der Waals surface area contributed by atoms with Crippen LogP contribution in [0.2, 0.25) is 0 Å². The number of benzene rings is 1. The monoisotopic (exact) mass is 407 g/mol. The summed E-state index contributed by atoms with van der Waals surface area (Å²) >= 11 is 4.57. The van der Waals surface area contributed by atoms with Crippen LogP contribution in [-0.4, -0.2) is 5.91 Å². The maximum Gasteiger partial charge on any atom is 0.417 e. The van der Waals surface area contributed by atoms with Gasteiger partial charge in [-0.3, -0.25) is 4.79 Å². The van der Waals surface area contributed by atoms with E-state index in [0.717, 1.165) is 6.07 Å². The Labute approximate surface area is 112 Å². The molecule has 0 bridgehead atoms. The second-order valence-corrected chi connectivity index (χ2v) is 5.01. The average Bonchev–Trinajstić information content (AvgIpc) is 2.07. The number of anilines is 1. The normalized spacial score (nSPS) is 11.4. The summed E-state index contributed by atoms with van der Waals surface area (Å²) in [6.07, 6.45) is -4.41. The predicted octanol–water partition coefficient (Wildman–Crippen LogP) is 4.03. The number of halogens is 5. The van der Waals surface area contributed by atoms with Gasteiger partial charge in [-0.15, -0.1) is 0 Å². The van der Waals surface area contributed by atoms with Crippen LogP contribution in [0.25, 0.3) is 0 Å². The lowest BCUT2D eigenvalue weighted by atomic mass is 10.2. The topological polar surface area (TPSA) is 29.1 Å². The average molecular weight is 408 g/mol. The molecule has 1 N–H and O–H groups in total. The predicted molar refractivity (Wildman–Crippen MR) is 66.2 cm³/mol. The largest absolute Gasteiger partial charge is 0.417 e. The second kappa shape index (κ2) is 4.91. The molecule has 0 saturated heterocycles. The lowest BCUT2D eigenvalue weighted by molar-refractivity contribution is -0.138. The van der Waals surface area contributed by atoms with E-state index in [1.165, 1.54) is 13.0 Å². The van der Waals surface area contributed by atoms with Crippen molar-refractivity contribution in [3.8, 4) is 0 Å². The number of amides is 1. The SMILES string of the molecule is CC(=O)Nc1cc(Br)c(C(F)(F)F)cc1I. The molecule has 0 atom stereocenters. The maximum absolute atomic E-state index is 12.5. The van der Waals surface area contributed by atoms with Crippen molar-refractivity contribution in [3.05, 3.63) is 25.7 Å². The first-order valence-electron chi connectivity index (χ1n) is 4.05. The molecule has 0 aliphatic carbocycles. The van der Waals surface area contributed by atoms with Gasteiger partial charge in [-0.25, -0.2) is 0 Å². The van der Waals surface area contributed by atoms with E-state index in [2.05, 4.69) is 21.2 Å². The van der Waals surface area contributed by atoms with Crippen LogP contribution in [0, 0.1) is 3.57 Å². The molecule has 0 fully saturated rings. The Bertz CT molecular complexity index is 433. The van der Waals surface area contributed by atoms with E-state index < -0.39 is 11.7 Å². The van der Waals surface area contributed by atoms with Gasteiger partial charge >= 0.3 is 6.18 Å². The molecule has 7 heteroatoms. The number of nitrogens with one attached hydrogen (secondary N) is 1. The molecule has 0 aromatic heterocycles. The first-order chi connectivity index (χ1) is 7.21. The van der Waals surface area contributed by atoms with Crippen LogP contribution < -0.4 is 5.32 Å². The van der Waals surface area contributed by atoms with Gasteiger partial charge in [0.25, 0.3) is 0 Å². The Morgan fingerprint density at radius 3 is 2.44 bits per heavy atom. The van der Waals surface area contributed by atoms with Gasteiger partial charge in [-0.2, -0.15) is 13.2 Å². The summed E-state index contributed by atoms with van der Waals surface area (Å²) in [6, 6.07) is 2.22. The molecule has 1 amide bonds. The van der Waals surface area contributed by atoms with E-state index in [1.54, 1.807) is 22.6 Å². The number of carbonyl (C=O) groups is 1. The third-order valence-corrected chi connectivity index (χ3v) is 3.22. The Kier molecular flexibility index (Phi) is 4.22. The molecule has 0 radical (unpaired) electrons. The zero-order chi connectivity index (χ0) is 12.5. The van der Waals surface area contributed by atoms with Crippen molar-refractivity contribution >= 4 is 50.1 Å². The summed E-state index contributed by atoms with van der Waals surface area (Å²) in [4.78, 5) is 10.8. The molecule has 16 heavy (non-hydrogen) atoms. The summed E-state index contributed by atoms with van der Waals surface area (Å²) in [7, 11) is 0. The van der Waals surface area contributed by atoms with E-state index >= 15 is 0 Å². The standard InChI is InChI=1S/C9H6BrF3INO/c1-4(16)15-8-3-6(10)5(2-7(8)14)9(11,12)13/h2-3H,1H3,(H,15,16). The number of rotatable bonds is 1. The van der Waals surface area contributed by atoms with Gasteiger partial charge in [0, 0.05) is 15.0 Å². The summed E-state index contributed by atoms with van der Waals surface area (Å²) < 4.78 is 37.7. The van der Waals surface area contributed by atoms with Gasteiger partial charge < -0.3 is 5.32 Å². The Morgan fingerprint density at radius 1 is 1.44 bits per heavy atom. The molecule has 0 heterocycles. The summed E-state index contributed by atoms with van der Waals surface area (Å²) in [5.74, 6) is -0.329. The van der Waals surface area contributed by atoms with Crippen molar-refractivity contribution in [1.82, 2.24) is 0 Å². The van der Waals surface area contributed by atoms with Gasteiger partial charge in [-0.05, 0) is 34.7 Å². The molecule has 1 rings (SSSR count). The minimum atomic E-state index is -4.41. The van der Waals surface area contributed by atoms with E-state index in [0.29, 0.717) is 9.26 Å². The van der Waals surface area contributed by atoms with Gasteiger partial charge in [0.1, 0.15) is 0 Å². The van der Waals surface area contributed by atoms with Gasteiger partial charge in [0.15, 0.2) is 0 Å². The van der Waals surface area contributed by atoms with E-state index in [1.807, 2.05) is 0 Å². The van der Waals surface area contributed by atoms with Crippen molar-refractivity contribution < 1.29 is 18.0 Å². The zero-order valence-electron chi connectivity index (χ0n) is 7.95. The Balaban J connectivity index is 3.22. The smallest absolute Gasteiger partial charge is 0.325 e. The van der Waals surface area contributed by atoms with Gasteiger partial charge in [0.05, 0.1) is 11.3 Å². The van der Waals surface area contributed by atoms with E-state index in [4.69, 9.17) is 0 Å². The van der Waals surface area contributed by atoms with Crippen LogP contribution in [0.5, 0.6) is 0 Å². The highest BCUT2D eigenvalue weighted by Gasteiger charge is 2.33. The van der Waals surface area contributed by atoms with Crippen LogP contribution in [0.4, 0.5) is 18.9 Å². The molecule has 88 valence electrons. The fourth-order valence-corrected chi connectivity index (χ4v) is 2.22. The highest BCUT2D eigenvalue weighted by molar-refractivity contribution is 14.1. The minimum Gasteiger partial charge on any atom is -0.325 e. The summed E-state index contributed by atoms with van der Waals surface area (Å²) in [6.45, 7) is 1.29. The van der Waals surface area contributed by atoms with Gasteiger partial charge in [-0.1, -0.05) is 15.9 Å². The van der Waals surface area contributed by atoms with Crippen LogP contribution in [0.1, 0.15) is 12.5 Å². The molecule has 0 aliphatic heterocycles. The van der Waals surface area contributed by atoms with Gasteiger partial charge in [0.2, 0.25) is 5.91 Å². The Morgan fingerprint density at radius 2 is 2.00 bits per heavy atom. The van der Waals surface area contributed by atoms with Crippen molar-refractivity contribution in [2.75, 3.05) is 5.32 Å². The molecule has 2 nitrogen and oxygen atoms in total. The zero-order valence-corrected chi connectivity index (χ0v) is 11.7. The van der Waals surface area contributed by atoms with Crippen LogP contribution >= 0.6 is 38.5 Å². The summed E-state index contributed by atoms with van der Waals surface area (Å²) in [5.41, 5.74) is -0.404. The lowest BCUT2D eigenvalue weighted by Gasteiger charge is -2.12. The number of hydrogen-bond donors (Lipinski definition) is 1.